The molecule has 2 aliphatic rings. The minimum atomic E-state index is -0.274. The third kappa shape index (κ3) is 2.40. The molecule has 0 N–H and O–H groups in total. The van der Waals surface area contributed by atoms with Crippen LogP contribution in [0, 0.1) is 0 Å². The lowest BCUT2D eigenvalue weighted by atomic mass is 10.0. The van der Waals surface area contributed by atoms with Crippen LogP contribution in [0.25, 0.3) is 0 Å². The van der Waals surface area contributed by atoms with E-state index in [0.29, 0.717) is 23.2 Å². The minimum absolute atomic E-state index is 0.0486. The SMILES string of the molecule is CCCCN1C(=O)c2ccc(C(=O)N3CCCC3)cc2C1=O. The summed E-state index contributed by atoms with van der Waals surface area (Å²) in [5.41, 5.74) is 1.28. The Hall–Kier alpha value is -2.17. The second-order valence-electron chi connectivity index (χ2n) is 5.88. The second kappa shape index (κ2) is 5.91. The highest BCUT2D eigenvalue weighted by Crippen LogP contribution is 2.25. The summed E-state index contributed by atoms with van der Waals surface area (Å²) in [5, 5.41) is 0. The van der Waals surface area contributed by atoms with E-state index in [1.165, 1.54) is 4.90 Å². The summed E-state index contributed by atoms with van der Waals surface area (Å²) in [6.07, 6.45) is 3.77. The first-order valence-corrected chi connectivity index (χ1v) is 7.93. The quantitative estimate of drug-likeness (QED) is 0.802. The molecule has 3 amide bonds. The van der Waals surface area contributed by atoms with Crippen LogP contribution in [-0.4, -0.2) is 47.2 Å². The van der Waals surface area contributed by atoms with Gasteiger partial charge in [0.1, 0.15) is 0 Å². The standard InChI is InChI=1S/C17H20N2O3/c1-2-3-10-19-16(21)13-7-6-12(11-14(13)17(19)22)15(20)18-8-4-5-9-18/h6-7,11H,2-5,8-10H2,1H3. The van der Waals surface area contributed by atoms with E-state index < -0.39 is 0 Å². The molecule has 0 aliphatic carbocycles. The number of benzene rings is 1. The van der Waals surface area contributed by atoms with E-state index in [-0.39, 0.29) is 17.7 Å². The molecular formula is C17H20N2O3. The van der Waals surface area contributed by atoms with E-state index in [4.69, 9.17) is 0 Å². The van der Waals surface area contributed by atoms with Gasteiger partial charge in [-0.05, 0) is 37.5 Å². The predicted octanol–water partition coefficient (Wildman–Crippen LogP) is 2.32. The van der Waals surface area contributed by atoms with E-state index in [0.717, 1.165) is 38.8 Å². The molecule has 5 heteroatoms. The Kier molecular flexibility index (Phi) is 3.96. The number of imide groups is 1. The molecule has 22 heavy (non-hydrogen) atoms. The highest BCUT2D eigenvalue weighted by molar-refractivity contribution is 6.22. The fourth-order valence-electron chi connectivity index (χ4n) is 3.05. The van der Waals surface area contributed by atoms with Crippen molar-refractivity contribution in [1.29, 1.82) is 0 Å². The van der Waals surface area contributed by atoms with E-state index in [1.54, 1.807) is 23.1 Å². The lowest BCUT2D eigenvalue weighted by molar-refractivity contribution is 0.0652. The van der Waals surface area contributed by atoms with Crippen LogP contribution < -0.4 is 0 Å². The van der Waals surface area contributed by atoms with Crippen molar-refractivity contribution in [2.45, 2.75) is 32.6 Å². The van der Waals surface area contributed by atoms with Crippen LogP contribution >= 0.6 is 0 Å². The number of amides is 3. The lowest BCUT2D eigenvalue weighted by Gasteiger charge is -2.15. The molecule has 0 radical (unpaired) electrons. The van der Waals surface area contributed by atoms with Crippen LogP contribution in [0.2, 0.25) is 0 Å². The summed E-state index contributed by atoms with van der Waals surface area (Å²) < 4.78 is 0. The highest BCUT2D eigenvalue weighted by Gasteiger charge is 2.35. The maximum Gasteiger partial charge on any atom is 0.261 e. The number of rotatable bonds is 4. The molecule has 3 rings (SSSR count). The van der Waals surface area contributed by atoms with E-state index in [2.05, 4.69) is 0 Å². The first-order chi connectivity index (χ1) is 10.6. The number of nitrogens with zero attached hydrogens (tertiary/aromatic N) is 2. The lowest BCUT2D eigenvalue weighted by Crippen LogP contribution is -2.30. The van der Waals surface area contributed by atoms with Gasteiger partial charge < -0.3 is 4.90 Å². The molecule has 0 unspecified atom stereocenters. The number of unbranched alkanes of at least 4 members (excludes halogenated alkanes) is 1. The summed E-state index contributed by atoms with van der Waals surface area (Å²) in [6, 6.07) is 4.86. The van der Waals surface area contributed by atoms with Crippen molar-refractivity contribution >= 4 is 17.7 Å². The fraction of sp³-hybridized carbons (Fsp3) is 0.471. The van der Waals surface area contributed by atoms with Crippen LogP contribution in [0.5, 0.6) is 0 Å². The molecule has 116 valence electrons. The van der Waals surface area contributed by atoms with Gasteiger partial charge in [-0.1, -0.05) is 13.3 Å². The van der Waals surface area contributed by atoms with Crippen LogP contribution in [0.1, 0.15) is 63.7 Å². The van der Waals surface area contributed by atoms with Gasteiger partial charge in [-0.2, -0.15) is 0 Å². The molecule has 0 aromatic heterocycles. The molecule has 0 atom stereocenters. The molecular weight excluding hydrogens is 280 g/mol. The van der Waals surface area contributed by atoms with Gasteiger partial charge in [-0.25, -0.2) is 0 Å². The zero-order chi connectivity index (χ0) is 15.7. The van der Waals surface area contributed by atoms with Gasteiger partial charge in [-0.3, -0.25) is 19.3 Å². The molecule has 1 aromatic carbocycles. The number of fused-ring (bicyclic) bond motifs is 1. The van der Waals surface area contributed by atoms with Crippen molar-refractivity contribution in [2.75, 3.05) is 19.6 Å². The van der Waals surface area contributed by atoms with Crippen LogP contribution in [-0.2, 0) is 0 Å². The van der Waals surface area contributed by atoms with E-state index in [9.17, 15) is 14.4 Å². The van der Waals surface area contributed by atoms with Crippen molar-refractivity contribution in [3.8, 4) is 0 Å². The van der Waals surface area contributed by atoms with Crippen LogP contribution in [0.15, 0.2) is 18.2 Å². The summed E-state index contributed by atoms with van der Waals surface area (Å²) >= 11 is 0. The Morgan fingerprint density at radius 2 is 1.77 bits per heavy atom. The number of hydrogen-bond acceptors (Lipinski definition) is 3. The number of likely N-dealkylation sites (tertiary alicyclic amines) is 1. The monoisotopic (exact) mass is 300 g/mol. The maximum atomic E-state index is 12.4. The topological polar surface area (TPSA) is 57.7 Å². The number of hydrogen-bond donors (Lipinski definition) is 0. The van der Waals surface area contributed by atoms with Gasteiger partial charge in [0, 0.05) is 25.2 Å². The second-order valence-corrected chi connectivity index (χ2v) is 5.88. The summed E-state index contributed by atoms with van der Waals surface area (Å²) in [4.78, 5) is 40.1. The molecule has 2 heterocycles. The van der Waals surface area contributed by atoms with E-state index >= 15 is 0 Å². The first-order valence-electron chi connectivity index (χ1n) is 7.93. The molecule has 0 bridgehead atoms. The smallest absolute Gasteiger partial charge is 0.261 e. The third-order valence-corrected chi connectivity index (χ3v) is 4.35. The fourth-order valence-corrected chi connectivity index (χ4v) is 3.05. The van der Waals surface area contributed by atoms with Gasteiger partial charge in [-0.15, -0.1) is 0 Å². The molecule has 0 spiro atoms. The Bertz CT molecular complexity index is 633. The summed E-state index contributed by atoms with van der Waals surface area (Å²) in [7, 11) is 0. The summed E-state index contributed by atoms with van der Waals surface area (Å²) in [6.45, 7) is 4.00. The summed E-state index contributed by atoms with van der Waals surface area (Å²) in [5.74, 6) is -0.564. The number of carbonyl (C=O) groups excluding carboxylic acids is 3. The van der Waals surface area contributed by atoms with Gasteiger partial charge >= 0.3 is 0 Å². The molecule has 5 nitrogen and oxygen atoms in total. The molecule has 1 fully saturated rings. The average Bonchev–Trinajstić information content (AvgIpc) is 3.14. The Balaban J connectivity index is 1.86. The van der Waals surface area contributed by atoms with Gasteiger partial charge in [0.2, 0.25) is 0 Å². The predicted molar refractivity (Wildman–Crippen MR) is 81.9 cm³/mol. The Labute approximate surface area is 129 Å². The first kappa shape index (κ1) is 14.8. The molecule has 1 aromatic rings. The van der Waals surface area contributed by atoms with Crippen molar-refractivity contribution in [2.24, 2.45) is 0 Å². The van der Waals surface area contributed by atoms with E-state index in [1.807, 2.05) is 6.92 Å². The Morgan fingerprint density at radius 1 is 1.09 bits per heavy atom. The van der Waals surface area contributed by atoms with Gasteiger partial charge in [0.05, 0.1) is 11.1 Å². The largest absolute Gasteiger partial charge is 0.339 e. The van der Waals surface area contributed by atoms with Gasteiger partial charge in [0.15, 0.2) is 0 Å². The zero-order valence-corrected chi connectivity index (χ0v) is 12.8. The van der Waals surface area contributed by atoms with Crippen LogP contribution in [0.4, 0.5) is 0 Å². The van der Waals surface area contributed by atoms with Gasteiger partial charge in [0.25, 0.3) is 17.7 Å². The Morgan fingerprint density at radius 3 is 2.45 bits per heavy atom. The minimum Gasteiger partial charge on any atom is -0.339 e. The number of carbonyl (C=O) groups is 3. The maximum absolute atomic E-state index is 12.4. The molecule has 2 aliphatic heterocycles. The average molecular weight is 300 g/mol. The molecule has 1 saturated heterocycles. The zero-order valence-electron chi connectivity index (χ0n) is 12.8. The van der Waals surface area contributed by atoms with Crippen molar-refractivity contribution in [1.82, 2.24) is 9.80 Å². The highest BCUT2D eigenvalue weighted by atomic mass is 16.2. The van der Waals surface area contributed by atoms with Crippen molar-refractivity contribution < 1.29 is 14.4 Å². The van der Waals surface area contributed by atoms with Crippen LogP contribution in [0.3, 0.4) is 0 Å². The third-order valence-electron chi connectivity index (χ3n) is 4.35. The van der Waals surface area contributed by atoms with Crippen molar-refractivity contribution in [3.63, 3.8) is 0 Å². The van der Waals surface area contributed by atoms with Crippen molar-refractivity contribution in [3.05, 3.63) is 34.9 Å². The molecule has 0 saturated carbocycles. The normalized spacial score (nSPS) is 17.3.